The number of carbonyl (C=O) groups is 1. The maximum atomic E-state index is 12.5. The number of benzene rings is 1. The standard InChI is InChI=1S/C15H12F3NO4S/c1-24(21,22)13-6-10(13)12-7-11(19-23-12)14(20)8-2-4-9(5-3-8)15(16,17)18/h2-5,7,10,13H,6H2,1H3. The lowest BCUT2D eigenvalue weighted by molar-refractivity contribution is -0.137. The molecule has 1 heterocycles. The summed E-state index contributed by atoms with van der Waals surface area (Å²) >= 11 is 0. The number of halogens is 3. The number of aromatic nitrogens is 1. The van der Waals surface area contributed by atoms with Crippen molar-refractivity contribution in [1.29, 1.82) is 0 Å². The number of carbonyl (C=O) groups excluding carboxylic acids is 1. The van der Waals surface area contributed by atoms with Crippen molar-refractivity contribution in [2.75, 3.05) is 6.26 Å². The first-order chi connectivity index (χ1) is 11.1. The van der Waals surface area contributed by atoms with Crippen molar-refractivity contribution in [2.24, 2.45) is 0 Å². The summed E-state index contributed by atoms with van der Waals surface area (Å²) in [5.41, 5.74) is -0.879. The molecule has 0 N–H and O–H groups in total. The van der Waals surface area contributed by atoms with Gasteiger partial charge in [-0.05, 0) is 18.6 Å². The molecule has 2 aromatic rings. The minimum Gasteiger partial charge on any atom is -0.360 e. The zero-order chi connectivity index (χ0) is 17.7. The Kier molecular flexibility index (Phi) is 3.78. The van der Waals surface area contributed by atoms with Crippen molar-refractivity contribution >= 4 is 15.6 Å². The molecule has 2 unspecified atom stereocenters. The Labute approximate surface area is 135 Å². The summed E-state index contributed by atoms with van der Waals surface area (Å²) in [6.07, 6.45) is -2.94. The number of ketones is 1. The van der Waals surface area contributed by atoms with Crippen LogP contribution in [0.15, 0.2) is 34.9 Å². The molecule has 0 bridgehead atoms. The number of hydrogen-bond acceptors (Lipinski definition) is 5. The summed E-state index contributed by atoms with van der Waals surface area (Å²) in [5, 5.41) is 3.06. The molecule has 3 rings (SSSR count). The maximum Gasteiger partial charge on any atom is 0.416 e. The van der Waals surface area contributed by atoms with Crippen LogP contribution in [0.2, 0.25) is 0 Å². The lowest BCUT2D eigenvalue weighted by Crippen LogP contribution is -2.06. The fraction of sp³-hybridized carbons (Fsp3) is 0.333. The van der Waals surface area contributed by atoms with E-state index >= 15 is 0 Å². The summed E-state index contributed by atoms with van der Waals surface area (Å²) in [4.78, 5) is 12.2. The zero-order valence-electron chi connectivity index (χ0n) is 12.4. The minimum absolute atomic E-state index is 0.0401. The third kappa shape index (κ3) is 3.21. The molecular formula is C15H12F3NO4S. The van der Waals surface area contributed by atoms with Crippen LogP contribution in [-0.4, -0.2) is 30.9 Å². The van der Waals surface area contributed by atoms with E-state index in [1.165, 1.54) is 6.07 Å². The highest BCUT2D eigenvalue weighted by molar-refractivity contribution is 7.91. The van der Waals surface area contributed by atoms with Crippen molar-refractivity contribution in [2.45, 2.75) is 23.8 Å². The van der Waals surface area contributed by atoms with Crippen LogP contribution >= 0.6 is 0 Å². The van der Waals surface area contributed by atoms with Crippen LogP contribution < -0.4 is 0 Å². The third-order valence-corrected chi connectivity index (χ3v) is 5.50. The van der Waals surface area contributed by atoms with Gasteiger partial charge in [0.05, 0.1) is 10.8 Å². The molecule has 0 amide bonds. The summed E-state index contributed by atoms with van der Waals surface area (Å²) < 4.78 is 65.4. The van der Waals surface area contributed by atoms with Gasteiger partial charge in [0.25, 0.3) is 0 Å². The second-order valence-corrected chi connectivity index (χ2v) is 7.99. The van der Waals surface area contributed by atoms with Crippen LogP contribution in [0.5, 0.6) is 0 Å². The van der Waals surface area contributed by atoms with Crippen LogP contribution in [0.1, 0.15) is 39.7 Å². The van der Waals surface area contributed by atoms with Crippen molar-refractivity contribution in [3.05, 3.63) is 52.9 Å². The molecule has 0 aliphatic heterocycles. The van der Waals surface area contributed by atoms with Gasteiger partial charge in [-0.25, -0.2) is 8.42 Å². The number of rotatable bonds is 4. The van der Waals surface area contributed by atoms with E-state index in [1.54, 1.807) is 0 Å². The fourth-order valence-electron chi connectivity index (χ4n) is 2.47. The van der Waals surface area contributed by atoms with Gasteiger partial charge in [0, 0.05) is 23.8 Å². The second-order valence-electron chi connectivity index (χ2n) is 5.73. The first kappa shape index (κ1) is 16.7. The smallest absolute Gasteiger partial charge is 0.360 e. The minimum atomic E-state index is -4.48. The Balaban J connectivity index is 1.77. The van der Waals surface area contributed by atoms with Gasteiger partial charge in [-0.1, -0.05) is 17.3 Å². The molecule has 1 saturated carbocycles. The monoisotopic (exact) mass is 359 g/mol. The Morgan fingerprint density at radius 1 is 1.25 bits per heavy atom. The lowest BCUT2D eigenvalue weighted by atomic mass is 10.1. The molecule has 5 nitrogen and oxygen atoms in total. The Morgan fingerprint density at radius 3 is 2.38 bits per heavy atom. The van der Waals surface area contributed by atoms with E-state index in [-0.39, 0.29) is 17.2 Å². The van der Waals surface area contributed by atoms with E-state index in [2.05, 4.69) is 5.16 Å². The van der Waals surface area contributed by atoms with Gasteiger partial charge in [0.1, 0.15) is 5.76 Å². The van der Waals surface area contributed by atoms with Gasteiger partial charge in [-0.3, -0.25) is 4.79 Å². The Bertz CT molecular complexity index is 884. The van der Waals surface area contributed by atoms with Crippen molar-refractivity contribution in [1.82, 2.24) is 5.16 Å². The fourth-order valence-corrected chi connectivity index (χ4v) is 3.76. The summed E-state index contributed by atoms with van der Waals surface area (Å²) in [6, 6.07) is 5.10. The van der Waals surface area contributed by atoms with Gasteiger partial charge >= 0.3 is 6.18 Å². The van der Waals surface area contributed by atoms with Gasteiger partial charge < -0.3 is 4.52 Å². The largest absolute Gasteiger partial charge is 0.416 e. The van der Waals surface area contributed by atoms with Gasteiger partial charge in [0.15, 0.2) is 15.5 Å². The highest BCUT2D eigenvalue weighted by Gasteiger charge is 2.48. The van der Waals surface area contributed by atoms with Crippen molar-refractivity contribution < 1.29 is 30.9 Å². The van der Waals surface area contributed by atoms with E-state index in [9.17, 15) is 26.4 Å². The molecule has 0 saturated heterocycles. The van der Waals surface area contributed by atoms with Crippen molar-refractivity contribution in [3.8, 4) is 0 Å². The second kappa shape index (κ2) is 5.44. The number of alkyl halides is 3. The first-order valence-corrected chi connectivity index (χ1v) is 8.90. The predicted molar refractivity (Wildman–Crippen MR) is 77.4 cm³/mol. The molecule has 2 atom stereocenters. The number of hydrogen-bond donors (Lipinski definition) is 0. The highest BCUT2D eigenvalue weighted by atomic mass is 32.2. The van der Waals surface area contributed by atoms with Crippen LogP contribution in [0.3, 0.4) is 0 Å². The molecule has 1 aliphatic carbocycles. The number of nitrogens with zero attached hydrogens (tertiary/aromatic N) is 1. The quantitative estimate of drug-likeness (QED) is 0.785. The molecule has 1 aliphatic rings. The summed E-state index contributed by atoms with van der Waals surface area (Å²) in [6.45, 7) is 0. The average molecular weight is 359 g/mol. The molecule has 128 valence electrons. The van der Waals surface area contributed by atoms with E-state index in [1.807, 2.05) is 0 Å². The van der Waals surface area contributed by atoms with Crippen molar-refractivity contribution in [3.63, 3.8) is 0 Å². The highest BCUT2D eigenvalue weighted by Crippen LogP contribution is 2.45. The van der Waals surface area contributed by atoms with E-state index in [0.717, 1.165) is 30.5 Å². The Hall–Kier alpha value is -2.16. The zero-order valence-corrected chi connectivity index (χ0v) is 13.2. The summed E-state index contributed by atoms with van der Waals surface area (Å²) in [7, 11) is -3.19. The number of sulfone groups is 1. The van der Waals surface area contributed by atoms with E-state index in [0.29, 0.717) is 12.2 Å². The maximum absolute atomic E-state index is 12.5. The topological polar surface area (TPSA) is 77.2 Å². The molecule has 1 aromatic carbocycles. The van der Waals surface area contributed by atoms with Crippen LogP contribution in [0.25, 0.3) is 0 Å². The summed E-state index contributed by atoms with van der Waals surface area (Å²) in [5.74, 6) is -0.627. The van der Waals surface area contributed by atoms with Crippen LogP contribution in [-0.2, 0) is 16.0 Å². The first-order valence-electron chi connectivity index (χ1n) is 6.95. The molecule has 24 heavy (non-hydrogen) atoms. The average Bonchev–Trinajstić information content (AvgIpc) is 3.17. The van der Waals surface area contributed by atoms with Gasteiger partial charge in [-0.2, -0.15) is 13.2 Å². The van der Waals surface area contributed by atoms with E-state index in [4.69, 9.17) is 4.52 Å². The normalized spacial score (nSPS) is 20.8. The van der Waals surface area contributed by atoms with Crippen LogP contribution in [0.4, 0.5) is 13.2 Å². The predicted octanol–water partition coefficient (Wildman–Crippen LogP) is 2.82. The lowest BCUT2D eigenvalue weighted by Gasteiger charge is -2.06. The molecule has 1 fully saturated rings. The van der Waals surface area contributed by atoms with Gasteiger partial charge in [-0.15, -0.1) is 0 Å². The van der Waals surface area contributed by atoms with Gasteiger partial charge in [0.2, 0.25) is 5.78 Å². The molecular weight excluding hydrogens is 347 g/mol. The third-order valence-electron chi connectivity index (χ3n) is 3.88. The molecule has 0 spiro atoms. The SMILES string of the molecule is CS(=O)(=O)C1CC1c1cc(C(=O)c2ccc(C(F)(F)F)cc2)no1. The molecule has 1 aromatic heterocycles. The molecule has 9 heteroatoms. The Morgan fingerprint density at radius 2 is 1.88 bits per heavy atom. The molecule has 0 radical (unpaired) electrons. The van der Waals surface area contributed by atoms with E-state index < -0.39 is 32.6 Å². The van der Waals surface area contributed by atoms with Crippen LogP contribution in [0, 0.1) is 0 Å².